The quantitative estimate of drug-likeness (QED) is 0.822. The van der Waals surface area contributed by atoms with E-state index in [2.05, 4.69) is 22.1 Å². The van der Waals surface area contributed by atoms with E-state index < -0.39 is 0 Å². The number of nitrogens with one attached hydrogen (secondary N) is 1. The average molecular weight is 297 g/mol. The van der Waals surface area contributed by atoms with Gasteiger partial charge in [0.25, 0.3) is 5.91 Å². The molecule has 0 aromatic carbocycles. The van der Waals surface area contributed by atoms with Gasteiger partial charge in [0, 0.05) is 22.9 Å². The maximum atomic E-state index is 11.7. The first-order valence-electron chi connectivity index (χ1n) is 5.69. The summed E-state index contributed by atoms with van der Waals surface area (Å²) in [6, 6.07) is 6.00. The van der Waals surface area contributed by atoms with E-state index in [-0.39, 0.29) is 5.91 Å². The van der Waals surface area contributed by atoms with Crippen LogP contribution in [0.1, 0.15) is 20.1 Å². The van der Waals surface area contributed by atoms with E-state index in [1.807, 2.05) is 30.8 Å². The Morgan fingerprint density at radius 3 is 2.94 bits per heavy atom. The van der Waals surface area contributed by atoms with E-state index in [9.17, 15) is 4.79 Å². The lowest BCUT2D eigenvalue weighted by Gasteiger charge is -2.03. The zero-order valence-corrected chi connectivity index (χ0v) is 12.6. The second-order valence-electron chi connectivity index (χ2n) is 3.85. The van der Waals surface area contributed by atoms with E-state index in [1.165, 1.54) is 10.4 Å². The van der Waals surface area contributed by atoms with Crippen molar-refractivity contribution >= 4 is 40.3 Å². The first-order valence-corrected chi connectivity index (χ1v) is 8.60. The average Bonchev–Trinajstić information content (AvgIpc) is 2.99. The SMILES string of the molecule is Cc1ccc(C(=O)NCCSCc2ccsc2)s1. The van der Waals surface area contributed by atoms with Crippen molar-refractivity contribution in [2.75, 3.05) is 12.3 Å². The summed E-state index contributed by atoms with van der Waals surface area (Å²) in [6.45, 7) is 2.74. The molecule has 2 heterocycles. The molecule has 1 amide bonds. The van der Waals surface area contributed by atoms with Gasteiger partial charge in [-0.3, -0.25) is 4.79 Å². The second kappa shape index (κ2) is 6.97. The number of hydrogen-bond donors (Lipinski definition) is 1. The lowest BCUT2D eigenvalue weighted by atomic mass is 10.4. The highest BCUT2D eigenvalue weighted by Gasteiger charge is 2.06. The molecule has 0 spiro atoms. The van der Waals surface area contributed by atoms with Crippen molar-refractivity contribution in [1.82, 2.24) is 5.32 Å². The van der Waals surface area contributed by atoms with Gasteiger partial charge < -0.3 is 5.32 Å². The van der Waals surface area contributed by atoms with Gasteiger partial charge in [0.1, 0.15) is 0 Å². The molecule has 0 saturated carbocycles. The van der Waals surface area contributed by atoms with Crippen molar-refractivity contribution in [1.29, 1.82) is 0 Å². The number of carbonyl (C=O) groups excluding carboxylic acids is 1. The fourth-order valence-corrected chi connectivity index (χ4v) is 3.81. The Hall–Kier alpha value is -0.780. The predicted octanol–water partition coefficient (Wildman–Crippen LogP) is 3.78. The number of amides is 1. The van der Waals surface area contributed by atoms with Gasteiger partial charge >= 0.3 is 0 Å². The van der Waals surface area contributed by atoms with Gasteiger partial charge in [-0.15, -0.1) is 11.3 Å². The standard InChI is InChI=1S/C13H15NOS3/c1-10-2-3-12(18-10)13(15)14-5-7-17-9-11-4-6-16-8-11/h2-4,6,8H,5,7,9H2,1H3,(H,14,15). The Bertz CT molecular complexity index is 490. The third-order valence-corrected chi connectivity index (χ3v) is 5.11. The van der Waals surface area contributed by atoms with Gasteiger partial charge in [0.15, 0.2) is 0 Å². The van der Waals surface area contributed by atoms with Crippen LogP contribution in [0, 0.1) is 6.92 Å². The Morgan fingerprint density at radius 1 is 1.39 bits per heavy atom. The number of hydrogen-bond acceptors (Lipinski definition) is 4. The van der Waals surface area contributed by atoms with E-state index in [1.54, 1.807) is 22.7 Å². The van der Waals surface area contributed by atoms with Crippen LogP contribution in [-0.4, -0.2) is 18.2 Å². The molecule has 2 aromatic rings. The normalized spacial score (nSPS) is 10.5. The molecule has 0 bridgehead atoms. The Labute approximate surface area is 119 Å². The maximum absolute atomic E-state index is 11.7. The fourth-order valence-electron chi connectivity index (χ4n) is 1.45. The summed E-state index contributed by atoms with van der Waals surface area (Å²) >= 11 is 5.12. The highest BCUT2D eigenvalue weighted by atomic mass is 32.2. The third-order valence-electron chi connectivity index (χ3n) is 2.34. The lowest BCUT2D eigenvalue weighted by Crippen LogP contribution is -2.24. The van der Waals surface area contributed by atoms with Crippen LogP contribution in [0.3, 0.4) is 0 Å². The summed E-state index contributed by atoms with van der Waals surface area (Å²) in [6.07, 6.45) is 0. The Morgan fingerprint density at radius 2 is 2.28 bits per heavy atom. The Kier molecular flexibility index (Phi) is 5.28. The predicted molar refractivity (Wildman–Crippen MR) is 81.9 cm³/mol. The number of carbonyl (C=O) groups is 1. The van der Waals surface area contributed by atoms with Crippen LogP contribution in [-0.2, 0) is 5.75 Å². The number of rotatable bonds is 6. The summed E-state index contributed by atoms with van der Waals surface area (Å²) in [5.41, 5.74) is 1.37. The van der Waals surface area contributed by atoms with Crippen LogP contribution in [0.5, 0.6) is 0 Å². The van der Waals surface area contributed by atoms with E-state index in [4.69, 9.17) is 0 Å². The molecule has 96 valence electrons. The number of thiophene rings is 2. The topological polar surface area (TPSA) is 29.1 Å². The molecule has 0 aliphatic heterocycles. The summed E-state index contributed by atoms with van der Waals surface area (Å²) in [5, 5.41) is 7.21. The highest BCUT2D eigenvalue weighted by molar-refractivity contribution is 7.98. The highest BCUT2D eigenvalue weighted by Crippen LogP contribution is 2.16. The smallest absolute Gasteiger partial charge is 0.261 e. The molecule has 0 unspecified atom stereocenters. The van der Waals surface area contributed by atoms with Gasteiger partial charge in [-0.2, -0.15) is 23.1 Å². The van der Waals surface area contributed by atoms with Crippen molar-refractivity contribution in [2.45, 2.75) is 12.7 Å². The molecule has 2 aromatic heterocycles. The fraction of sp³-hybridized carbons (Fsp3) is 0.308. The first-order chi connectivity index (χ1) is 8.75. The van der Waals surface area contributed by atoms with E-state index in [0.717, 1.165) is 22.9 Å². The molecular formula is C13H15NOS3. The molecule has 5 heteroatoms. The first kappa shape index (κ1) is 13.6. The van der Waals surface area contributed by atoms with Gasteiger partial charge in [0.05, 0.1) is 4.88 Å². The summed E-state index contributed by atoms with van der Waals surface area (Å²) < 4.78 is 0. The van der Waals surface area contributed by atoms with Gasteiger partial charge in [0.2, 0.25) is 0 Å². The molecule has 0 aliphatic carbocycles. The van der Waals surface area contributed by atoms with Crippen LogP contribution in [0.25, 0.3) is 0 Å². The van der Waals surface area contributed by atoms with Crippen LogP contribution in [0.15, 0.2) is 29.0 Å². The molecular weight excluding hydrogens is 282 g/mol. The van der Waals surface area contributed by atoms with Crippen molar-refractivity contribution in [2.24, 2.45) is 0 Å². The molecule has 1 N–H and O–H groups in total. The van der Waals surface area contributed by atoms with Crippen LogP contribution in [0.4, 0.5) is 0 Å². The minimum absolute atomic E-state index is 0.0456. The monoisotopic (exact) mass is 297 g/mol. The zero-order chi connectivity index (χ0) is 12.8. The zero-order valence-electron chi connectivity index (χ0n) is 10.1. The molecule has 0 atom stereocenters. The van der Waals surface area contributed by atoms with Crippen molar-refractivity contribution in [3.63, 3.8) is 0 Å². The van der Waals surface area contributed by atoms with Gasteiger partial charge in [-0.1, -0.05) is 0 Å². The van der Waals surface area contributed by atoms with Gasteiger partial charge in [-0.25, -0.2) is 0 Å². The molecule has 0 fully saturated rings. The summed E-state index contributed by atoms with van der Waals surface area (Å²) in [7, 11) is 0. The molecule has 0 aliphatic rings. The van der Waals surface area contributed by atoms with Crippen LogP contribution >= 0.6 is 34.4 Å². The Balaban J connectivity index is 1.62. The second-order valence-corrected chi connectivity index (χ2v) is 7.02. The third kappa shape index (κ3) is 4.15. The van der Waals surface area contributed by atoms with Crippen molar-refractivity contribution in [3.05, 3.63) is 44.3 Å². The number of aryl methyl sites for hydroxylation is 1. The maximum Gasteiger partial charge on any atom is 0.261 e. The molecule has 18 heavy (non-hydrogen) atoms. The minimum Gasteiger partial charge on any atom is -0.351 e. The molecule has 2 nitrogen and oxygen atoms in total. The molecule has 0 radical (unpaired) electrons. The molecule has 0 saturated heterocycles. The largest absolute Gasteiger partial charge is 0.351 e. The minimum atomic E-state index is 0.0456. The number of thioether (sulfide) groups is 1. The van der Waals surface area contributed by atoms with E-state index in [0.29, 0.717) is 0 Å². The van der Waals surface area contributed by atoms with Crippen LogP contribution < -0.4 is 5.32 Å². The molecule has 2 rings (SSSR count). The van der Waals surface area contributed by atoms with Gasteiger partial charge in [-0.05, 0) is 41.4 Å². The summed E-state index contributed by atoms with van der Waals surface area (Å²) in [5.74, 6) is 2.02. The lowest BCUT2D eigenvalue weighted by molar-refractivity contribution is 0.0960. The van der Waals surface area contributed by atoms with E-state index >= 15 is 0 Å². The van der Waals surface area contributed by atoms with Crippen molar-refractivity contribution < 1.29 is 4.79 Å². The summed E-state index contributed by atoms with van der Waals surface area (Å²) in [4.78, 5) is 13.7. The van der Waals surface area contributed by atoms with Crippen LogP contribution in [0.2, 0.25) is 0 Å². The van der Waals surface area contributed by atoms with Crippen molar-refractivity contribution in [3.8, 4) is 0 Å².